The molecule has 0 radical (unpaired) electrons. The average Bonchev–Trinajstić information content (AvgIpc) is 3.46. The molecule has 1 aromatic heterocycles. The minimum atomic E-state index is -0.476. The summed E-state index contributed by atoms with van der Waals surface area (Å²) in [5.41, 5.74) is 3.17. The number of amidine groups is 2. The van der Waals surface area contributed by atoms with Crippen molar-refractivity contribution in [3.63, 3.8) is 0 Å². The molecule has 158 valence electrons. The van der Waals surface area contributed by atoms with Crippen LogP contribution in [0, 0.1) is 12.3 Å². The van der Waals surface area contributed by atoms with Crippen molar-refractivity contribution < 1.29 is 13.9 Å². The Morgan fingerprint density at radius 3 is 2.84 bits per heavy atom. The van der Waals surface area contributed by atoms with E-state index in [1.807, 2.05) is 55.5 Å². The third-order valence-electron chi connectivity index (χ3n) is 5.01. The zero-order chi connectivity index (χ0) is 22.1. The second kappa shape index (κ2) is 8.32. The molecule has 0 saturated heterocycles. The first kappa shape index (κ1) is 20.0. The number of carbonyl (C=O) groups is 1. The Morgan fingerprint density at radius 1 is 1.16 bits per heavy atom. The van der Waals surface area contributed by atoms with Crippen LogP contribution < -0.4 is 4.74 Å². The molecule has 8 heteroatoms. The number of carbonyl (C=O) groups excluding carboxylic acids is 1. The molecular formula is C24H18N4O3S. The lowest BCUT2D eigenvalue weighted by Crippen LogP contribution is -2.35. The largest absolute Gasteiger partial charge is 0.489 e. The molecule has 2 aliphatic rings. The Hall–Kier alpha value is -3.91. The fraction of sp³-hybridized carbons (Fsp3) is 0.0833. The number of ether oxygens (including phenoxy) is 1. The van der Waals surface area contributed by atoms with Gasteiger partial charge in [0.25, 0.3) is 5.91 Å². The smallest absolute Gasteiger partial charge is 0.283 e. The summed E-state index contributed by atoms with van der Waals surface area (Å²) in [6.45, 7) is 2.50. The molecule has 0 spiro atoms. The summed E-state index contributed by atoms with van der Waals surface area (Å²) >= 11 is 1.20. The lowest BCUT2D eigenvalue weighted by molar-refractivity contribution is -0.114. The van der Waals surface area contributed by atoms with Gasteiger partial charge < -0.3 is 9.15 Å². The summed E-state index contributed by atoms with van der Waals surface area (Å²) in [5.74, 6) is 0.740. The molecule has 0 bridgehead atoms. The normalized spacial score (nSPS) is 16.8. The number of hydrogen-bond donors (Lipinski definition) is 1. The Bertz CT molecular complexity index is 1310. The van der Waals surface area contributed by atoms with Gasteiger partial charge in [-0.3, -0.25) is 10.2 Å². The summed E-state index contributed by atoms with van der Waals surface area (Å²) in [5, 5.41) is 15.2. The third kappa shape index (κ3) is 3.88. The van der Waals surface area contributed by atoms with Crippen LogP contribution in [0.15, 0.2) is 87.0 Å². The molecule has 2 aromatic carbocycles. The molecular weight excluding hydrogens is 424 g/mol. The average molecular weight is 443 g/mol. The molecule has 5 rings (SSSR count). The van der Waals surface area contributed by atoms with Crippen molar-refractivity contribution >= 4 is 39.8 Å². The number of aryl methyl sites for hydroxylation is 1. The van der Waals surface area contributed by atoms with Crippen LogP contribution in [0.1, 0.15) is 22.5 Å². The van der Waals surface area contributed by atoms with Crippen LogP contribution in [0.3, 0.4) is 0 Å². The number of benzene rings is 2. The number of fused-ring (bicyclic) bond motifs is 1. The summed E-state index contributed by atoms with van der Waals surface area (Å²) in [4.78, 5) is 16.7. The summed E-state index contributed by atoms with van der Waals surface area (Å²) < 4.78 is 11.3. The van der Waals surface area contributed by atoms with Crippen LogP contribution in [-0.4, -0.2) is 27.0 Å². The van der Waals surface area contributed by atoms with E-state index in [0.717, 1.165) is 11.1 Å². The minimum absolute atomic E-state index is 0.0275. The van der Waals surface area contributed by atoms with Gasteiger partial charge >= 0.3 is 0 Å². The number of amides is 1. The first-order chi connectivity index (χ1) is 15.6. The standard InChI is InChI=1S/C24H18N4O3S/c1-15-6-2-3-8-17(15)14-31-18-9-4-7-16(12-18)13-19-21(25)28-24(26-22(19)29)32-23(27-28)20-10-5-11-30-20/h2-13,25H,14H2,1H3/b19-13-,25-21?. The van der Waals surface area contributed by atoms with Crippen molar-refractivity contribution in [2.24, 2.45) is 10.1 Å². The number of hydrazone groups is 1. The Morgan fingerprint density at radius 2 is 2.03 bits per heavy atom. The van der Waals surface area contributed by atoms with Gasteiger partial charge in [-0.1, -0.05) is 36.4 Å². The second-order valence-corrected chi connectivity index (χ2v) is 8.15. The van der Waals surface area contributed by atoms with E-state index in [1.54, 1.807) is 24.5 Å². The highest BCUT2D eigenvalue weighted by atomic mass is 32.2. The maximum Gasteiger partial charge on any atom is 0.283 e. The van der Waals surface area contributed by atoms with Crippen LogP contribution in [0.4, 0.5) is 0 Å². The fourth-order valence-corrected chi connectivity index (χ4v) is 4.15. The van der Waals surface area contributed by atoms with E-state index in [0.29, 0.717) is 28.3 Å². The van der Waals surface area contributed by atoms with Crippen LogP contribution in [0.2, 0.25) is 0 Å². The topological polar surface area (TPSA) is 91.2 Å². The lowest BCUT2D eigenvalue weighted by Gasteiger charge is -2.20. The van der Waals surface area contributed by atoms with Crippen LogP contribution in [0.5, 0.6) is 5.75 Å². The van der Waals surface area contributed by atoms with Crippen molar-refractivity contribution in [2.75, 3.05) is 0 Å². The van der Waals surface area contributed by atoms with E-state index < -0.39 is 5.91 Å². The van der Waals surface area contributed by atoms with E-state index in [1.165, 1.54) is 22.3 Å². The number of furan rings is 1. The van der Waals surface area contributed by atoms with Gasteiger partial charge in [0, 0.05) is 0 Å². The van der Waals surface area contributed by atoms with Crippen LogP contribution in [-0.2, 0) is 11.4 Å². The Labute approximate surface area is 188 Å². The third-order valence-corrected chi connectivity index (χ3v) is 5.93. The van der Waals surface area contributed by atoms with Gasteiger partial charge in [-0.05, 0) is 65.7 Å². The summed E-state index contributed by atoms with van der Waals surface area (Å²) in [6.07, 6.45) is 3.18. The fourth-order valence-electron chi connectivity index (χ4n) is 3.29. The van der Waals surface area contributed by atoms with E-state index in [2.05, 4.69) is 10.1 Å². The van der Waals surface area contributed by atoms with E-state index in [9.17, 15) is 4.79 Å². The van der Waals surface area contributed by atoms with Crippen molar-refractivity contribution in [3.8, 4) is 5.75 Å². The predicted molar refractivity (Wildman–Crippen MR) is 125 cm³/mol. The highest BCUT2D eigenvalue weighted by molar-refractivity contribution is 8.27. The molecule has 2 aliphatic heterocycles. The number of thioether (sulfide) groups is 1. The first-order valence-electron chi connectivity index (χ1n) is 9.90. The number of rotatable bonds is 5. The first-order valence-corrected chi connectivity index (χ1v) is 10.7. The quantitative estimate of drug-likeness (QED) is 0.571. The van der Waals surface area contributed by atoms with Gasteiger partial charge in [-0.2, -0.15) is 15.1 Å². The highest BCUT2D eigenvalue weighted by Crippen LogP contribution is 2.31. The number of nitrogens with one attached hydrogen (secondary N) is 1. The molecule has 0 fully saturated rings. The number of nitrogens with zero attached hydrogens (tertiary/aromatic N) is 3. The van der Waals surface area contributed by atoms with Crippen molar-refractivity contribution in [1.82, 2.24) is 5.01 Å². The van der Waals surface area contributed by atoms with E-state index in [4.69, 9.17) is 14.6 Å². The van der Waals surface area contributed by atoms with Crippen LogP contribution >= 0.6 is 11.8 Å². The number of aliphatic imine (C=N–C) groups is 1. The maximum atomic E-state index is 12.6. The van der Waals surface area contributed by atoms with Gasteiger partial charge in [-0.25, -0.2) is 0 Å². The molecule has 0 saturated carbocycles. The predicted octanol–water partition coefficient (Wildman–Crippen LogP) is 4.83. The molecule has 0 aliphatic carbocycles. The van der Waals surface area contributed by atoms with Gasteiger partial charge in [0.05, 0.1) is 11.8 Å². The van der Waals surface area contributed by atoms with Crippen molar-refractivity contribution in [2.45, 2.75) is 13.5 Å². The molecule has 1 amide bonds. The molecule has 32 heavy (non-hydrogen) atoms. The summed E-state index contributed by atoms with van der Waals surface area (Å²) in [7, 11) is 0. The van der Waals surface area contributed by atoms with Gasteiger partial charge in [0.15, 0.2) is 16.6 Å². The molecule has 0 atom stereocenters. The Balaban J connectivity index is 1.37. The zero-order valence-corrected chi connectivity index (χ0v) is 17.9. The highest BCUT2D eigenvalue weighted by Gasteiger charge is 2.36. The second-order valence-electron chi connectivity index (χ2n) is 7.19. The van der Waals surface area contributed by atoms with Crippen LogP contribution in [0.25, 0.3) is 6.08 Å². The monoisotopic (exact) mass is 442 g/mol. The Kier molecular flexibility index (Phi) is 5.20. The van der Waals surface area contributed by atoms with Crippen molar-refractivity contribution in [1.29, 1.82) is 5.41 Å². The molecule has 1 N–H and O–H groups in total. The van der Waals surface area contributed by atoms with E-state index >= 15 is 0 Å². The van der Waals surface area contributed by atoms with Gasteiger partial charge in [0.1, 0.15) is 12.4 Å². The molecule has 3 aromatic rings. The SMILES string of the molecule is Cc1ccccc1COc1cccc(/C=C2/C(=N)N3N=C(c4ccco4)SC3=NC2=O)c1. The lowest BCUT2D eigenvalue weighted by atomic mass is 10.1. The zero-order valence-electron chi connectivity index (χ0n) is 17.1. The molecule has 0 unspecified atom stereocenters. The van der Waals surface area contributed by atoms with E-state index in [-0.39, 0.29) is 11.4 Å². The molecule has 3 heterocycles. The maximum absolute atomic E-state index is 12.6. The summed E-state index contributed by atoms with van der Waals surface area (Å²) in [6, 6.07) is 19.0. The van der Waals surface area contributed by atoms with Gasteiger partial charge in [0.2, 0.25) is 5.17 Å². The van der Waals surface area contributed by atoms with Crippen molar-refractivity contribution in [3.05, 3.63) is 95.0 Å². The number of hydrogen-bond acceptors (Lipinski definition) is 6. The minimum Gasteiger partial charge on any atom is -0.489 e. The molecule has 7 nitrogen and oxygen atoms in total. The van der Waals surface area contributed by atoms with Gasteiger partial charge in [-0.15, -0.1) is 0 Å².